The van der Waals surface area contributed by atoms with Crippen LogP contribution in [-0.2, 0) is 6.18 Å². The van der Waals surface area contributed by atoms with E-state index in [1.54, 1.807) is 0 Å². The molecule has 14 heavy (non-hydrogen) atoms. The normalized spacial score (nSPS) is 12.3. The standard InChI is InChI=1S/C6H2ClF3N4/c7-5-13-3(6(8,9)10)2-4(14-5)12-1-11-2/h1H,(H,11,12,13,14). The van der Waals surface area contributed by atoms with Crippen LogP contribution in [0, 0.1) is 0 Å². The van der Waals surface area contributed by atoms with Crippen molar-refractivity contribution in [1.29, 1.82) is 0 Å². The average molecular weight is 223 g/mol. The zero-order valence-electron chi connectivity index (χ0n) is 6.43. The quantitative estimate of drug-likeness (QED) is 0.694. The van der Waals surface area contributed by atoms with Gasteiger partial charge in [-0.25, -0.2) is 9.97 Å². The summed E-state index contributed by atoms with van der Waals surface area (Å²) in [6.07, 6.45) is -3.47. The summed E-state index contributed by atoms with van der Waals surface area (Å²) < 4.78 is 37.1. The smallest absolute Gasteiger partial charge is 0.341 e. The number of aromatic amines is 1. The monoisotopic (exact) mass is 222 g/mol. The number of halogens is 4. The van der Waals surface area contributed by atoms with E-state index in [-0.39, 0.29) is 11.2 Å². The van der Waals surface area contributed by atoms with Gasteiger partial charge in [-0.3, -0.25) is 0 Å². The van der Waals surface area contributed by atoms with E-state index in [4.69, 9.17) is 11.6 Å². The molecule has 0 radical (unpaired) electrons. The molecule has 1 N–H and O–H groups in total. The Labute approximate surface area is 80.1 Å². The minimum Gasteiger partial charge on any atom is -0.341 e. The van der Waals surface area contributed by atoms with E-state index in [1.165, 1.54) is 0 Å². The summed E-state index contributed by atoms with van der Waals surface area (Å²) in [5.74, 6) is 0. The van der Waals surface area contributed by atoms with Gasteiger partial charge >= 0.3 is 6.18 Å². The lowest BCUT2D eigenvalue weighted by molar-refractivity contribution is -0.139. The molecule has 0 aromatic carbocycles. The van der Waals surface area contributed by atoms with Crippen LogP contribution in [0.3, 0.4) is 0 Å². The molecule has 2 aromatic heterocycles. The number of aromatic nitrogens is 4. The largest absolute Gasteiger partial charge is 0.435 e. The van der Waals surface area contributed by atoms with Gasteiger partial charge in [-0.15, -0.1) is 0 Å². The first kappa shape index (κ1) is 9.20. The first-order chi connectivity index (χ1) is 6.48. The van der Waals surface area contributed by atoms with Gasteiger partial charge in [0.15, 0.2) is 11.3 Å². The van der Waals surface area contributed by atoms with Crippen LogP contribution in [-0.4, -0.2) is 19.9 Å². The molecule has 0 fully saturated rings. The summed E-state index contributed by atoms with van der Waals surface area (Å²) in [5.41, 5.74) is -1.47. The van der Waals surface area contributed by atoms with Crippen molar-refractivity contribution in [1.82, 2.24) is 19.9 Å². The van der Waals surface area contributed by atoms with Gasteiger partial charge in [-0.05, 0) is 11.6 Å². The van der Waals surface area contributed by atoms with Crippen molar-refractivity contribution in [3.63, 3.8) is 0 Å². The molecular formula is C6H2ClF3N4. The molecule has 0 aliphatic heterocycles. The molecule has 0 bridgehead atoms. The molecule has 8 heteroatoms. The van der Waals surface area contributed by atoms with Gasteiger partial charge in [0.1, 0.15) is 5.52 Å². The Morgan fingerprint density at radius 2 is 2.00 bits per heavy atom. The fourth-order valence-electron chi connectivity index (χ4n) is 1.01. The number of hydrogen-bond donors (Lipinski definition) is 1. The number of rotatable bonds is 0. The number of alkyl halides is 3. The maximum atomic E-state index is 12.4. The Kier molecular flexibility index (Phi) is 1.84. The first-order valence-corrected chi connectivity index (χ1v) is 3.80. The van der Waals surface area contributed by atoms with E-state index >= 15 is 0 Å². The maximum absolute atomic E-state index is 12.4. The number of hydrogen-bond acceptors (Lipinski definition) is 3. The molecule has 74 valence electrons. The highest BCUT2D eigenvalue weighted by Crippen LogP contribution is 2.31. The number of fused-ring (bicyclic) bond motifs is 1. The van der Waals surface area contributed by atoms with Crippen molar-refractivity contribution in [2.24, 2.45) is 0 Å². The van der Waals surface area contributed by atoms with Gasteiger partial charge < -0.3 is 4.98 Å². The number of nitrogens with zero attached hydrogens (tertiary/aromatic N) is 3. The molecule has 0 saturated heterocycles. The highest BCUT2D eigenvalue weighted by Gasteiger charge is 2.36. The second kappa shape index (κ2) is 2.81. The molecule has 0 atom stereocenters. The van der Waals surface area contributed by atoms with Gasteiger partial charge in [0, 0.05) is 0 Å². The van der Waals surface area contributed by atoms with Crippen molar-refractivity contribution in [3.8, 4) is 0 Å². The van der Waals surface area contributed by atoms with Crippen LogP contribution in [0.4, 0.5) is 13.2 Å². The van der Waals surface area contributed by atoms with Crippen LogP contribution in [0.1, 0.15) is 5.69 Å². The molecule has 2 aromatic rings. The topological polar surface area (TPSA) is 54.5 Å². The average Bonchev–Trinajstić information content (AvgIpc) is 2.47. The van der Waals surface area contributed by atoms with Crippen molar-refractivity contribution < 1.29 is 13.2 Å². The highest BCUT2D eigenvalue weighted by atomic mass is 35.5. The zero-order chi connectivity index (χ0) is 10.3. The molecule has 0 saturated carbocycles. The molecule has 0 amide bonds. The van der Waals surface area contributed by atoms with Crippen LogP contribution in [0.25, 0.3) is 11.2 Å². The fraction of sp³-hybridized carbons (Fsp3) is 0.167. The molecular weight excluding hydrogens is 221 g/mol. The third kappa shape index (κ3) is 1.39. The molecule has 0 unspecified atom stereocenters. The third-order valence-corrected chi connectivity index (χ3v) is 1.70. The molecule has 2 rings (SSSR count). The van der Waals surface area contributed by atoms with Crippen molar-refractivity contribution in [3.05, 3.63) is 17.3 Å². The molecule has 0 spiro atoms. The van der Waals surface area contributed by atoms with E-state index in [0.29, 0.717) is 0 Å². The Morgan fingerprint density at radius 3 is 2.64 bits per heavy atom. The van der Waals surface area contributed by atoms with E-state index in [2.05, 4.69) is 19.9 Å². The molecule has 0 aliphatic carbocycles. The predicted molar refractivity (Wildman–Crippen MR) is 41.7 cm³/mol. The lowest BCUT2D eigenvalue weighted by Gasteiger charge is -2.05. The van der Waals surface area contributed by atoms with E-state index in [9.17, 15) is 13.2 Å². The summed E-state index contributed by atoms with van der Waals surface area (Å²) >= 11 is 5.31. The first-order valence-electron chi connectivity index (χ1n) is 3.42. The second-order valence-corrected chi connectivity index (χ2v) is 2.78. The maximum Gasteiger partial charge on any atom is 0.435 e. The summed E-state index contributed by atoms with van der Waals surface area (Å²) in [6.45, 7) is 0. The number of nitrogens with one attached hydrogen (secondary N) is 1. The highest BCUT2D eigenvalue weighted by molar-refractivity contribution is 6.28. The zero-order valence-corrected chi connectivity index (χ0v) is 7.19. The summed E-state index contributed by atoms with van der Waals surface area (Å²) in [4.78, 5) is 12.5. The van der Waals surface area contributed by atoms with Gasteiger partial charge in [-0.2, -0.15) is 18.2 Å². The Bertz CT molecular complexity index is 477. The van der Waals surface area contributed by atoms with Gasteiger partial charge in [0.25, 0.3) is 0 Å². The van der Waals surface area contributed by atoms with Crippen molar-refractivity contribution in [2.75, 3.05) is 0 Å². The van der Waals surface area contributed by atoms with Gasteiger partial charge in [-0.1, -0.05) is 0 Å². The lowest BCUT2D eigenvalue weighted by atomic mass is 10.3. The molecule has 4 nitrogen and oxygen atoms in total. The molecule has 2 heterocycles. The van der Waals surface area contributed by atoms with Crippen LogP contribution < -0.4 is 0 Å². The predicted octanol–water partition coefficient (Wildman–Crippen LogP) is 2.03. The minimum absolute atomic E-state index is 0.0997. The second-order valence-electron chi connectivity index (χ2n) is 2.44. The summed E-state index contributed by atoms with van der Waals surface area (Å²) in [6, 6.07) is 0. The van der Waals surface area contributed by atoms with Gasteiger partial charge in [0.2, 0.25) is 5.28 Å². The summed E-state index contributed by atoms with van der Waals surface area (Å²) in [5, 5.41) is -0.475. The number of H-pyrrole nitrogens is 1. The van der Waals surface area contributed by atoms with Crippen LogP contribution in [0.2, 0.25) is 5.28 Å². The fourth-order valence-corrected chi connectivity index (χ4v) is 1.18. The van der Waals surface area contributed by atoms with Crippen LogP contribution in [0.5, 0.6) is 0 Å². The van der Waals surface area contributed by atoms with Crippen LogP contribution in [0.15, 0.2) is 6.33 Å². The van der Waals surface area contributed by atoms with E-state index < -0.39 is 17.2 Å². The third-order valence-electron chi connectivity index (χ3n) is 1.53. The Morgan fingerprint density at radius 1 is 1.29 bits per heavy atom. The van der Waals surface area contributed by atoms with Gasteiger partial charge in [0.05, 0.1) is 6.33 Å². The number of imidazole rings is 1. The molecule has 0 aliphatic rings. The Balaban J connectivity index is 2.80. The van der Waals surface area contributed by atoms with Crippen molar-refractivity contribution >= 4 is 22.8 Å². The Hall–Kier alpha value is -1.37. The van der Waals surface area contributed by atoms with Crippen LogP contribution >= 0.6 is 11.6 Å². The van der Waals surface area contributed by atoms with Crippen molar-refractivity contribution in [2.45, 2.75) is 6.18 Å². The summed E-state index contributed by atoms with van der Waals surface area (Å²) in [7, 11) is 0. The van der Waals surface area contributed by atoms with E-state index in [0.717, 1.165) is 6.33 Å². The van der Waals surface area contributed by atoms with E-state index in [1.807, 2.05) is 0 Å². The minimum atomic E-state index is -4.57. The lowest BCUT2D eigenvalue weighted by Crippen LogP contribution is -2.09. The SMILES string of the molecule is FC(F)(F)c1nc(Cl)nc2nc[nH]c12.